The molecule has 1 aliphatic heterocycles. The zero-order chi connectivity index (χ0) is 12.0. The van der Waals surface area contributed by atoms with Crippen LogP contribution >= 0.6 is 0 Å². The van der Waals surface area contributed by atoms with Gasteiger partial charge in [-0.05, 0) is 49.4 Å². The van der Waals surface area contributed by atoms with Gasteiger partial charge in [-0.25, -0.2) is 0 Å². The lowest BCUT2D eigenvalue weighted by atomic mass is 9.61. The van der Waals surface area contributed by atoms with Gasteiger partial charge in [0.15, 0.2) is 0 Å². The van der Waals surface area contributed by atoms with Crippen LogP contribution in [-0.2, 0) is 0 Å². The van der Waals surface area contributed by atoms with Gasteiger partial charge in [-0.1, -0.05) is 20.3 Å². The van der Waals surface area contributed by atoms with Crippen LogP contribution in [0.3, 0.4) is 0 Å². The zero-order valence-corrected chi connectivity index (χ0v) is 11.0. The molecule has 0 amide bonds. The first-order valence-electron chi connectivity index (χ1n) is 7.38. The fourth-order valence-corrected chi connectivity index (χ4v) is 4.40. The Balaban J connectivity index is 1.82. The van der Waals surface area contributed by atoms with Crippen molar-refractivity contribution in [2.75, 3.05) is 0 Å². The van der Waals surface area contributed by atoms with Crippen molar-refractivity contribution in [3.05, 3.63) is 0 Å². The molecule has 0 aromatic heterocycles. The maximum atomic E-state index is 10.3. The van der Waals surface area contributed by atoms with Crippen LogP contribution in [0.15, 0.2) is 4.99 Å². The lowest BCUT2D eigenvalue weighted by Gasteiger charge is -2.48. The number of aliphatic hydroxyl groups excluding tert-OH is 1. The second kappa shape index (κ2) is 4.38. The van der Waals surface area contributed by atoms with Gasteiger partial charge in [0.2, 0.25) is 0 Å². The fraction of sp³-hybridized carbons (Fsp3) is 0.933. The molecule has 0 spiro atoms. The average molecular weight is 235 g/mol. The first-order valence-corrected chi connectivity index (χ1v) is 7.38. The molecule has 0 saturated heterocycles. The van der Waals surface area contributed by atoms with Crippen molar-refractivity contribution in [3.63, 3.8) is 0 Å². The lowest BCUT2D eigenvalue weighted by Crippen LogP contribution is -2.48. The highest BCUT2D eigenvalue weighted by Crippen LogP contribution is 2.47. The third-order valence-corrected chi connectivity index (χ3v) is 5.56. The van der Waals surface area contributed by atoms with Crippen molar-refractivity contribution in [2.24, 2.45) is 34.6 Å². The molecule has 17 heavy (non-hydrogen) atoms. The molecule has 2 aliphatic carbocycles. The van der Waals surface area contributed by atoms with E-state index in [2.05, 4.69) is 20.1 Å². The Hall–Kier alpha value is -0.370. The van der Waals surface area contributed by atoms with Gasteiger partial charge in [-0.3, -0.25) is 4.99 Å². The van der Waals surface area contributed by atoms with Crippen molar-refractivity contribution < 1.29 is 5.11 Å². The Labute approximate surface area is 105 Å². The van der Waals surface area contributed by atoms with Gasteiger partial charge in [0.05, 0.1) is 12.1 Å². The van der Waals surface area contributed by atoms with Gasteiger partial charge >= 0.3 is 0 Å². The van der Waals surface area contributed by atoms with Crippen molar-refractivity contribution in [3.8, 4) is 0 Å². The standard InChI is InChI=1S/C15H25NO/c1-9-3-5-12-11-6-4-10(2)15(17)13(11)8-16-14(12)7-9/h8-15,17H,3-7H2,1-2H3. The van der Waals surface area contributed by atoms with Gasteiger partial charge in [-0.2, -0.15) is 0 Å². The van der Waals surface area contributed by atoms with Crippen LogP contribution < -0.4 is 0 Å². The second-order valence-electron chi connectivity index (χ2n) is 6.73. The van der Waals surface area contributed by atoms with Crippen LogP contribution in [0.1, 0.15) is 46.0 Å². The summed E-state index contributed by atoms with van der Waals surface area (Å²) in [6.07, 6.45) is 8.47. The summed E-state index contributed by atoms with van der Waals surface area (Å²) in [6.45, 7) is 4.54. The summed E-state index contributed by atoms with van der Waals surface area (Å²) < 4.78 is 0. The molecule has 2 fully saturated rings. The minimum atomic E-state index is -0.141. The molecule has 7 atom stereocenters. The normalized spacial score (nSPS) is 53.9. The van der Waals surface area contributed by atoms with Gasteiger partial charge in [-0.15, -0.1) is 0 Å². The predicted octanol–water partition coefficient (Wildman–Crippen LogP) is 2.90. The highest BCUT2D eigenvalue weighted by Gasteiger charge is 2.45. The maximum absolute atomic E-state index is 10.3. The summed E-state index contributed by atoms with van der Waals surface area (Å²) in [5.41, 5.74) is 0. The summed E-state index contributed by atoms with van der Waals surface area (Å²) in [5.74, 6) is 3.15. The first kappa shape index (κ1) is 11.7. The van der Waals surface area contributed by atoms with E-state index in [1.807, 2.05) is 0 Å². The molecule has 0 bridgehead atoms. The van der Waals surface area contributed by atoms with Crippen LogP contribution in [0.2, 0.25) is 0 Å². The minimum Gasteiger partial charge on any atom is -0.392 e. The molecule has 0 aromatic rings. The molecular formula is C15H25NO. The SMILES string of the molecule is CC1CCC2C(C1)N=CC1C(O)C(C)CCC12. The van der Waals surface area contributed by atoms with Crippen molar-refractivity contribution >= 4 is 6.21 Å². The lowest BCUT2D eigenvalue weighted by molar-refractivity contribution is -0.0117. The molecule has 2 heteroatoms. The Morgan fingerprint density at radius 3 is 2.65 bits per heavy atom. The number of hydrogen-bond acceptors (Lipinski definition) is 2. The number of fused-ring (bicyclic) bond motifs is 3. The second-order valence-corrected chi connectivity index (χ2v) is 6.73. The Morgan fingerprint density at radius 1 is 1.06 bits per heavy atom. The predicted molar refractivity (Wildman–Crippen MR) is 70.2 cm³/mol. The molecular weight excluding hydrogens is 210 g/mol. The molecule has 1 N–H and O–H groups in total. The third-order valence-electron chi connectivity index (χ3n) is 5.56. The number of nitrogens with zero attached hydrogens (tertiary/aromatic N) is 1. The van der Waals surface area contributed by atoms with E-state index in [0.29, 0.717) is 17.9 Å². The number of aliphatic hydroxyl groups is 1. The number of rotatable bonds is 0. The fourth-order valence-electron chi connectivity index (χ4n) is 4.40. The summed E-state index contributed by atoms with van der Waals surface area (Å²) in [6, 6.07) is 0.570. The van der Waals surface area contributed by atoms with E-state index in [4.69, 9.17) is 4.99 Å². The molecule has 7 unspecified atom stereocenters. The van der Waals surface area contributed by atoms with Gasteiger partial charge < -0.3 is 5.11 Å². The summed E-state index contributed by atoms with van der Waals surface area (Å²) in [4.78, 5) is 4.79. The Kier molecular flexibility index (Phi) is 3.02. The van der Waals surface area contributed by atoms with Crippen molar-refractivity contribution in [2.45, 2.75) is 58.1 Å². The molecule has 1 heterocycles. The molecule has 0 aromatic carbocycles. The number of hydrogen-bond donors (Lipinski definition) is 1. The van der Waals surface area contributed by atoms with E-state index in [1.54, 1.807) is 0 Å². The largest absolute Gasteiger partial charge is 0.392 e. The first-order chi connectivity index (χ1) is 8.16. The van der Waals surface area contributed by atoms with Crippen LogP contribution in [-0.4, -0.2) is 23.5 Å². The monoisotopic (exact) mass is 235 g/mol. The van der Waals surface area contributed by atoms with E-state index < -0.39 is 0 Å². The molecule has 2 nitrogen and oxygen atoms in total. The summed E-state index contributed by atoms with van der Waals surface area (Å²) >= 11 is 0. The molecule has 2 saturated carbocycles. The van der Waals surface area contributed by atoms with E-state index in [9.17, 15) is 5.11 Å². The highest BCUT2D eigenvalue weighted by molar-refractivity contribution is 5.64. The van der Waals surface area contributed by atoms with Crippen molar-refractivity contribution in [1.82, 2.24) is 0 Å². The topological polar surface area (TPSA) is 32.6 Å². The zero-order valence-electron chi connectivity index (χ0n) is 11.0. The maximum Gasteiger partial charge on any atom is 0.0645 e. The van der Waals surface area contributed by atoms with Crippen molar-refractivity contribution in [1.29, 1.82) is 0 Å². The summed E-state index contributed by atoms with van der Waals surface area (Å²) in [5, 5.41) is 10.3. The van der Waals surface area contributed by atoms with Crippen LogP contribution in [0.25, 0.3) is 0 Å². The van der Waals surface area contributed by atoms with E-state index in [0.717, 1.165) is 17.8 Å². The summed E-state index contributed by atoms with van der Waals surface area (Å²) in [7, 11) is 0. The van der Waals surface area contributed by atoms with Gasteiger partial charge in [0.25, 0.3) is 0 Å². The van der Waals surface area contributed by atoms with Gasteiger partial charge in [0, 0.05) is 12.1 Å². The Bertz CT molecular complexity index is 314. The van der Waals surface area contributed by atoms with Crippen LogP contribution in [0.4, 0.5) is 0 Å². The highest BCUT2D eigenvalue weighted by atomic mass is 16.3. The van der Waals surface area contributed by atoms with Crippen LogP contribution in [0, 0.1) is 29.6 Å². The van der Waals surface area contributed by atoms with Gasteiger partial charge in [0.1, 0.15) is 0 Å². The van der Waals surface area contributed by atoms with E-state index >= 15 is 0 Å². The van der Waals surface area contributed by atoms with Crippen LogP contribution in [0.5, 0.6) is 0 Å². The number of aliphatic imine (C=N–C) groups is 1. The smallest absolute Gasteiger partial charge is 0.0645 e. The van der Waals surface area contributed by atoms with E-state index in [1.165, 1.54) is 32.1 Å². The quantitative estimate of drug-likeness (QED) is 0.688. The molecule has 3 rings (SSSR count). The average Bonchev–Trinajstić information content (AvgIpc) is 2.33. The Morgan fingerprint density at radius 2 is 1.82 bits per heavy atom. The minimum absolute atomic E-state index is 0.141. The van der Waals surface area contributed by atoms with E-state index in [-0.39, 0.29) is 6.10 Å². The third kappa shape index (κ3) is 1.95. The molecule has 96 valence electrons. The molecule has 0 radical (unpaired) electrons. The molecule has 3 aliphatic rings.